The highest BCUT2D eigenvalue weighted by atomic mass is 32.2. The number of hydrogen-bond donors (Lipinski definition) is 1. The Kier molecular flexibility index (Phi) is 8.06. The Bertz CT molecular complexity index is 1060. The Balaban J connectivity index is 1.31. The zero-order valence-corrected chi connectivity index (χ0v) is 19.3. The maximum absolute atomic E-state index is 12.8. The van der Waals surface area contributed by atoms with Gasteiger partial charge in [0.15, 0.2) is 4.34 Å². The Hall–Kier alpha value is -2.96. The van der Waals surface area contributed by atoms with Crippen LogP contribution in [0.2, 0.25) is 0 Å². The molecular weight excluding hydrogens is 434 g/mol. The second-order valence-electron chi connectivity index (χ2n) is 7.44. The summed E-state index contributed by atoms with van der Waals surface area (Å²) in [6.45, 7) is 0. The molecule has 0 unspecified atom stereocenters. The van der Waals surface area contributed by atoms with E-state index >= 15 is 0 Å². The maximum atomic E-state index is 12.8. The topological polar surface area (TPSA) is 54.9 Å². The minimum absolute atomic E-state index is 0.00264. The van der Waals surface area contributed by atoms with E-state index in [-0.39, 0.29) is 11.8 Å². The Morgan fingerprint density at radius 3 is 2.06 bits per heavy atom. The van der Waals surface area contributed by atoms with Crippen LogP contribution in [0.1, 0.15) is 35.4 Å². The molecule has 6 heteroatoms. The van der Waals surface area contributed by atoms with E-state index in [4.69, 9.17) is 0 Å². The summed E-state index contributed by atoms with van der Waals surface area (Å²) >= 11 is 3.12. The van der Waals surface area contributed by atoms with Crippen molar-refractivity contribution in [2.45, 2.75) is 29.5 Å². The van der Waals surface area contributed by atoms with Gasteiger partial charge in [-0.15, -0.1) is 10.2 Å². The zero-order valence-electron chi connectivity index (χ0n) is 17.7. The first kappa shape index (κ1) is 22.2. The molecule has 0 aliphatic rings. The summed E-state index contributed by atoms with van der Waals surface area (Å²) in [5, 5.41) is 11.9. The van der Waals surface area contributed by atoms with Gasteiger partial charge in [0.05, 0.1) is 0 Å². The largest absolute Gasteiger partial charge is 0.300 e. The predicted octanol–water partition coefficient (Wildman–Crippen LogP) is 6.42. The van der Waals surface area contributed by atoms with E-state index in [1.165, 1.54) is 16.9 Å². The van der Waals surface area contributed by atoms with Crippen molar-refractivity contribution < 1.29 is 4.79 Å². The third-order valence-electron chi connectivity index (χ3n) is 5.12. The molecule has 0 saturated carbocycles. The van der Waals surface area contributed by atoms with E-state index in [9.17, 15) is 4.79 Å². The van der Waals surface area contributed by atoms with Crippen LogP contribution in [0.3, 0.4) is 0 Å². The van der Waals surface area contributed by atoms with E-state index in [1.807, 2.05) is 42.5 Å². The summed E-state index contributed by atoms with van der Waals surface area (Å²) in [6, 6.07) is 30.8. The van der Waals surface area contributed by atoms with Crippen molar-refractivity contribution in [3.05, 3.63) is 108 Å². The third-order valence-corrected chi connectivity index (χ3v) is 7.18. The van der Waals surface area contributed by atoms with Crippen molar-refractivity contribution in [1.82, 2.24) is 10.2 Å². The lowest BCUT2D eigenvalue weighted by atomic mass is 9.88. The minimum Gasteiger partial charge on any atom is -0.300 e. The average Bonchev–Trinajstić information content (AvgIpc) is 3.29. The number of aryl methyl sites for hydroxylation is 1. The van der Waals surface area contributed by atoms with Gasteiger partial charge in [-0.1, -0.05) is 114 Å². The van der Waals surface area contributed by atoms with Crippen molar-refractivity contribution in [2.24, 2.45) is 0 Å². The smallest absolute Gasteiger partial charge is 0.227 e. The van der Waals surface area contributed by atoms with Crippen molar-refractivity contribution in [3.8, 4) is 0 Å². The maximum Gasteiger partial charge on any atom is 0.227 e. The van der Waals surface area contributed by atoms with Gasteiger partial charge in [0.2, 0.25) is 11.0 Å². The number of nitrogens with one attached hydrogen (secondary N) is 1. The Morgan fingerprint density at radius 1 is 0.844 bits per heavy atom. The lowest BCUT2D eigenvalue weighted by molar-refractivity contribution is -0.116. The molecule has 1 heterocycles. The van der Waals surface area contributed by atoms with Crippen molar-refractivity contribution in [2.75, 3.05) is 11.1 Å². The number of anilines is 1. The van der Waals surface area contributed by atoms with E-state index in [0.717, 1.165) is 34.1 Å². The molecule has 0 spiro atoms. The lowest BCUT2D eigenvalue weighted by Crippen LogP contribution is -2.16. The number of thioether (sulfide) groups is 1. The fraction of sp³-hybridized carbons (Fsp3) is 0.192. The molecule has 0 fully saturated rings. The van der Waals surface area contributed by atoms with Gasteiger partial charge in [-0.3, -0.25) is 4.79 Å². The summed E-state index contributed by atoms with van der Waals surface area (Å²) in [5.74, 6) is 0.915. The van der Waals surface area contributed by atoms with Gasteiger partial charge in [-0.25, -0.2) is 0 Å². The lowest BCUT2D eigenvalue weighted by Gasteiger charge is -2.17. The van der Waals surface area contributed by atoms with Gasteiger partial charge >= 0.3 is 0 Å². The number of carbonyl (C=O) groups is 1. The van der Waals surface area contributed by atoms with Crippen LogP contribution in [0.25, 0.3) is 0 Å². The van der Waals surface area contributed by atoms with Crippen LogP contribution >= 0.6 is 23.1 Å². The number of amides is 1. The minimum atomic E-state index is -0.0560. The van der Waals surface area contributed by atoms with Crippen molar-refractivity contribution in [1.29, 1.82) is 0 Å². The molecule has 4 aromatic rings. The molecule has 1 aromatic heterocycles. The molecule has 32 heavy (non-hydrogen) atoms. The van der Waals surface area contributed by atoms with Crippen molar-refractivity contribution in [3.63, 3.8) is 0 Å². The average molecular weight is 460 g/mol. The van der Waals surface area contributed by atoms with Crippen LogP contribution in [-0.4, -0.2) is 21.9 Å². The zero-order chi connectivity index (χ0) is 22.0. The first-order chi connectivity index (χ1) is 15.8. The number of nitrogens with zero attached hydrogens (tertiary/aromatic N) is 2. The predicted molar refractivity (Wildman–Crippen MR) is 133 cm³/mol. The fourth-order valence-corrected chi connectivity index (χ4v) is 5.33. The summed E-state index contributed by atoms with van der Waals surface area (Å²) in [6.07, 6.45) is 2.48. The molecule has 0 aliphatic heterocycles. The molecule has 0 radical (unpaired) electrons. The molecule has 1 amide bonds. The summed E-state index contributed by atoms with van der Waals surface area (Å²) in [4.78, 5) is 12.8. The van der Waals surface area contributed by atoms with Gasteiger partial charge in [0, 0.05) is 18.1 Å². The quantitative estimate of drug-likeness (QED) is 0.169. The number of rotatable bonds is 10. The molecule has 162 valence electrons. The molecule has 1 N–H and O–H groups in total. The molecule has 4 nitrogen and oxygen atoms in total. The first-order valence-corrected chi connectivity index (χ1v) is 12.5. The highest BCUT2D eigenvalue weighted by molar-refractivity contribution is 8.01. The summed E-state index contributed by atoms with van der Waals surface area (Å²) in [5.41, 5.74) is 3.60. The Morgan fingerprint density at radius 2 is 1.44 bits per heavy atom. The fourth-order valence-electron chi connectivity index (χ4n) is 3.55. The number of aromatic nitrogens is 2. The molecule has 0 aliphatic carbocycles. The molecule has 0 bridgehead atoms. The molecule has 0 saturated heterocycles. The van der Waals surface area contributed by atoms with Gasteiger partial charge in [0.1, 0.15) is 0 Å². The molecule has 0 atom stereocenters. The number of benzene rings is 3. The molecular formula is C26H25N3OS2. The summed E-state index contributed by atoms with van der Waals surface area (Å²) < 4.78 is 0.885. The second-order valence-corrected chi connectivity index (χ2v) is 9.76. The third kappa shape index (κ3) is 6.52. The standard InChI is InChI=1S/C26H25N3OS2/c30-24(19-23(21-14-6-2-7-15-21)22-16-8-3-9-17-22)27-25-28-29-26(32-25)31-18-10-13-20-11-4-1-5-12-20/h1-9,11-12,14-17,23H,10,13,18-19H2,(H,27,28,30). The number of hydrogen-bond acceptors (Lipinski definition) is 5. The number of carbonyl (C=O) groups excluding carboxylic acids is 1. The van der Waals surface area contributed by atoms with Crippen LogP contribution < -0.4 is 5.32 Å². The van der Waals surface area contributed by atoms with Crippen molar-refractivity contribution >= 4 is 34.1 Å². The van der Waals surface area contributed by atoms with Crippen LogP contribution in [0.15, 0.2) is 95.3 Å². The van der Waals surface area contributed by atoms with Gasteiger partial charge in [0.25, 0.3) is 0 Å². The van der Waals surface area contributed by atoms with Gasteiger partial charge in [-0.05, 0) is 29.5 Å². The molecule has 3 aromatic carbocycles. The van der Waals surface area contributed by atoms with Crippen LogP contribution in [0, 0.1) is 0 Å². The normalized spacial score (nSPS) is 10.9. The highest BCUT2D eigenvalue weighted by Crippen LogP contribution is 2.30. The van der Waals surface area contributed by atoms with Gasteiger partial charge in [-0.2, -0.15) is 0 Å². The van der Waals surface area contributed by atoms with Crippen LogP contribution in [0.4, 0.5) is 5.13 Å². The SMILES string of the molecule is O=C(CC(c1ccccc1)c1ccccc1)Nc1nnc(SCCCc2ccccc2)s1. The van der Waals surface area contributed by atoms with E-state index < -0.39 is 0 Å². The van der Waals surface area contributed by atoms with E-state index in [2.05, 4.69) is 64.0 Å². The molecule has 4 rings (SSSR count). The highest BCUT2D eigenvalue weighted by Gasteiger charge is 2.19. The first-order valence-electron chi connectivity index (χ1n) is 10.7. The Labute approximate surface area is 197 Å². The van der Waals surface area contributed by atoms with Crippen LogP contribution in [-0.2, 0) is 11.2 Å². The van der Waals surface area contributed by atoms with Gasteiger partial charge < -0.3 is 5.32 Å². The van der Waals surface area contributed by atoms with E-state index in [1.54, 1.807) is 11.8 Å². The summed E-state index contributed by atoms with van der Waals surface area (Å²) in [7, 11) is 0. The van der Waals surface area contributed by atoms with Crippen LogP contribution in [0.5, 0.6) is 0 Å². The second kappa shape index (κ2) is 11.6. The van der Waals surface area contributed by atoms with E-state index in [0.29, 0.717) is 11.6 Å². The monoisotopic (exact) mass is 459 g/mol.